The zero-order valence-corrected chi connectivity index (χ0v) is 11.1. The summed E-state index contributed by atoms with van der Waals surface area (Å²) in [6.07, 6.45) is 1.76. The number of nitrogens with two attached hydrogens (primary N) is 1. The molecule has 3 N–H and O–H groups in total. The number of pyridine rings is 1. The highest BCUT2D eigenvalue weighted by Gasteiger charge is 2.08. The average Bonchev–Trinajstić information content (AvgIpc) is 2.48. The summed E-state index contributed by atoms with van der Waals surface area (Å²) < 4.78 is 5.34. The molecule has 4 heteroatoms. The fourth-order valence-electron chi connectivity index (χ4n) is 2.23. The van der Waals surface area contributed by atoms with E-state index in [0.29, 0.717) is 5.69 Å². The summed E-state index contributed by atoms with van der Waals surface area (Å²) in [5, 5.41) is 5.26. The standard InChI is InChI=1S/C16H15N3O/c1-20-14-8-3-2-7-13(14)19-16-15-11(9-10-18-16)5-4-6-12(15)17/h2-10H,17H2,1H3,(H,18,19). The number of rotatable bonds is 3. The van der Waals surface area contributed by atoms with Gasteiger partial charge >= 0.3 is 0 Å². The second-order valence-electron chi connectivity index (χ2n) is 4.43. The lowest BCUT2D eigenvalue weighted by Gasteiger charge is -2.13. The molecular formula is C16H15N3O. The number of benzene rings is 2. The highest BCUT2D eigenvalue weighted by atomic mass is 16.5. The van der Waals surface area contributed by atoms with Crippen LogP contribution in [0.1, 0.15) is 0 Å². The van der Waals surface area contributed by atoms with Crippen LogP contribution in [-0.4, -0.2) is 12.1 Å². The summed E-state index contributed by atoms with van der Waals surface area (Å²) in [4.78, 5) is 4.39. The molecule has 4 nitrogen and oxygen atoms in total. The lowest BCUT2D eigenvalue weighted by Crippen LogP contribution is -1.99. The smallest absolute Gasteiger partial charge is 0.142 e. The Hall–Kier alpha value is -2.75. The molecule has 0 unspecified atom stereocenters. The maximum absolute atomic E-state index is 6.07. The largest absolute Gasteiger partial charge is 0.495 e. The Morgan fingerprint density at radius 3 is 2.75 bits per heavy atom. The summed E-state index contributed by atoms with van der Waals surface area (Å²) in [5.74, 6) is 1.49. The van der Waals surface area contributed by atoms with Crippen LogP contribution in [-0.2, 0) is 0 Å². The van der Waals surface area contributed by atoms with Gasteiger partial charge in [0.1, 0.15) is 11.6 Å². The van der Waals surface area contributed by atoms with Gasteiger partial charge in [0.2, 0.25) is 0 Å². The second-order valence-corrected chi connectivity index (χ2v) is 4.43. The molecule has 0 spiro atoms. The van der Waals surface area contributed by atoms with Gasteiger partial charge < -0.3 is 15.8 Å². The summed E-state index contributed by atoms with van der Waals surface area (Å²) in [6, 6.07) is 15.5. The number of nitrogens with zero attached hydrogens (tertiary/aromatic N) is 1. The van der Waals surface area contributed by atoms with Crippen LogP contribution < -0.4 is 15.8 Å². The van der Waals surface area contributed by atoms with E-state index in [1.54, 1.807) is 13.3 Å². The monoisotopic (exact) mass is 265 g/mol. The van der Waals surface area contributed by atoms with E-state index in [2.05, 4.69) is 10.3 Å². The first-order chi connectivity index (χ1) is 9.79. The third-order valence-corrected chi connectivity index (χ3v) is 3.18. The average molecular weight is 265 g/mol. The van der Waals surface area contributed by atoms with E-state index >= 15 is 0 Å². The molecule has 0 amide bonds. The summed E-state index contributed by atoms with van der Waals surface area (Å²) in [6.45, 7) is 0. The molecule has 0 aliphatic carbocycles. The van der Waals surface area contributed by atoms with Crippen LogP contribution in [0.3, 0.4) is 0 Å². The highest BCUT2D eigenvalue weighted by molar-refractivity contribution is 6.01. The first kappa shape index (κ1) is 12.3. The molecule has 0 atom stereocenters. The van der Waals surface area contributed by atoms with Crippen molar-refractivity contribution >= 4 is 28.0 Å². The van der Waals surface area contributed by atoms with Gasteiger partial charge in [-0.15, -0.1) is 0 Å². The lowest BCUT2D eigenvalue weighted by molar-refractivity contribution is 0.417. The molecule has 20 heavy (non-hydrogen) atoms. The molecule has 3 aromatic rings. The van der Waals surface area contributed by atoms with Crippen LogP contribution in [0.4, 0.5) is 17.2 Å². The Kier molecular flexibility index (Phi) is 3.13. The topological polar surface area (TPSA) is 60.2 Å². The summed E-state index contributed by atoms with van der Waals surface area (Å²) >= 11 is 0. The number of methoxy groups -OCH3 is 1. The van der Waals surface area contributed by atoms with Crippen molar-refractivity contribution in [3.05, 3.63) is 54.7 Å². The van der Waals surface area contributed by atoms with Crippen LogP contribution in [0, 0.1) is 0 Å². The van der Waals surface area contributed by atoms with E-state index in [0.717, 1.165) is 28.0 Å². The van der Waals surface area contributed by atoms with Crippen molar-refractivity contribution in [1.29, 1.82) is 0 Å². The number of nitrogens with one attached hydrogen (secondary N) is 1. The van der Waals surface area contributed by atoms with E-state index in [4.69, 9.17) is 10.5 Å². The minimum absolute atomic E-state index is 0.702. The Morgan fingerprint density at radius 2 is 1.90 bits per heavy atom. The molecule has 0 saturated heterocycles. The van der Waals surface area contributed by atoms with Gasteiger partial charge in [0, 0.05) is 17.3 Å². The molecule has 0 fully saturated rings. The number of anilines is 3. The molecule has 0 saturated carbocycles. The molecule has 1 aromatic heterocycles. The maximum atomic E-state index is 6.07. The lowest BCUT2D eigenvalue weighted by atomic mass is 10.1. The summed E-state index contributed by atoms with van der Waals surface area (Å²) in [7, 11) is 1.64. The number of para-hydroxylation sites is 2. The zero-order chi connectivity index (χ0) is 13.9. The predicted octanol–water partition coefficient (Wildman–Crippen LogP) is 3.57. The SMILES string of the molecule is COc1ccccc1Nc1nccc2cccc(N)c12. The van der Waals surface area contributed by atoms with Crippen LogP contribution in [0.2, 0.25) is 0 Å². The number of ether oxygens (including phenoxy) is 1. The molecule has 0 radical (unpaired) electrons. The van der Waals surface area contributed by atoms with Crippen molar-refractivity contribution in [2.24, 2.45) is 0 Å². The normalized spacial score (nSPS) is 10.4. The fourth-order valence-corrected chi connectivity index (χ4v) is 2.23. The van der Waals surface area contributed by atoms with Crippen molar-refractivity contribution in [3.63, 3.8) is 0 Å². The Morgan fingerprint density at radius 1 is 1.05 bits per heavy atom. The molecule has 0 aliphatic heterocycles. The minimum atomic E-state index is 0.702. The fraction of sp³-hybridized carbons (Fsp3) is 0.0625. The first-order valence-electron chi connectivity index (χ1n) is 6.33. The number of aromatic nitrogens is 1. The van der Waals surface area contributed by atoms with Crippen LogP contribution >= 0.6 is 0 Å². The third kappa shape index (κ3) is 2.12. The minimum Gasteiger partial charge on any atom is -0.495 e. The molecule has 2 aromatic carbocycles. The van der Waals surface area contributed by atoms with Gasteiger partial charge in [-0.3, -0.25) is 0 Å². The van der Waals surface area contributed by atoms with E-state index in [-0.39, 0.29) is 0 Å². The van der Waals surface area contributed by atoms with Gasteiger partial charge in [-0.05, 0) is 29.7 Å². The zero-order valence-electron chi connectivity index (χ0n) is 11.1. The Labute approximate surface area is 117 Å². The number of fused-ring (bicyclic) bond motifs is 1. The van der Waals surface area contributed by atoms with E-state index in [1.165, 1.54) is 0 Å². The maximum Gasteiger partial charge on any atom is 0.142 e. The van der Waals surface area contributed by atoms with Crippen molar-refractivity contribution in [1.82, 2.24) is 4.98 Å². The first-order valence-corrected chi connectivity index (χ1v) is 6.33. The van der Waals surface area contributed by atoms with Gasteiger partial charge in [0.05, 0.1) is 12.8 Å². The predicted molar refractivity (Wildman–Crippen MR) is 82.4 cm³/mol. The van der Waals surface area contributed by atoms with Gasteiger partial charge in [0.25, 0.3) is 0 Å². The van der Waals surface area contributed by atoms with Gasteiger partial charge in [-0.1, -0.05) is 24.3 Å². The Balaban J connectivity index is 2.11. The van der Waals surface area contributed by atoms with E-state index in [9.17, 15) is 0 Å². The molecular weight excluding hydrogens is 250 g/mol. The van der Waals surface area contributed by atoms with Gasteiger partial charge in [-0.25, -0.2) is 4.98 Å². The van der Waals surface area contributed by atoms with Crippen molar-refractivity contribution in [2.45, 2.75) is 0 Å². The molecule has 1 heterocycles. The molecule has 0 bridgehead atoms. The van der Waals surface area contributed by atoms with Crippen molar-refractivity contribution in [2.75, 3.05) is 18.2 Å². The quantitative estimate of drug-likeness (QED) is 0.711. The second kappa shape index (κ2) is 5.09. The van der Waals surface area contributed by atoms with Crippen LogP contribution in [0.5, 0.6) is 5.75 Å². The summed E-state index contributed by atoms with van der Waals surface area (Å²) in [5.41, 5.74) is 7.63. The molecule has 0 aliphatic rings. The van der Waals surface area contributed by atoms with E-state index in [1.807, 2.05) is 48.5 Å². The number of nitrogen functional groups attached to an aromatic ring is 1. The number of hydrogen-bond donors (Lipinski definition) is 2. The molecule has 100 valence electrons. The molecule has 3 rings (SSSR count). The van der Waals surface area contributed by atoms with Crippen molar-refractivity contribution in [3.8, 4) is 5.75 Å². The Bertz CT molecular complexity index is 750. The highest BCUT2D eigenvalue weighted by Crippen LogP contribution is 2.32. The van der Waals surface area contributed by atoms with Crippen LogP contribution in [0.15, 0.2) is 54.7 Å². The van der Waals surface area contributed by atoms with Gasteiger partial charge in [-0.2, -0.15) is 0 Å². The third-order valence-electron chi connectivity index (χ3n) is 3.18. The number of hydrogen-bond acceptors (Lipinski definition) is 4. The van der Waals surface area contributed by atoms with Crippen LogP contribution in [0.25, 0.3) is 10.8 Å². The van der Waals surface area contributed by atoms with Gasteiger partial charge in [0.15, 0.2) is 0 Å². The van der Waals surface area contributed by atoms with E-state index < -0.39 is 0 Å². The van der Waals surface area contributed by atoms with Crippen molar-refractivity contribution < 1.29 is 4.74 Å².